The molecular formula is C21H23FN3O3+. The maximum absolute atomic E-state index is 13.2. The monoisotopic (exact) mass is 384 g/mol. The van der Waals surface area contributed by atoms with Crippen LogP contribution in [0.1, 0.15) is 18.7 Å². The normalized spacial score (nSPS) is 13.1. The number of fused-ring (bicyclic) bond motifs is 1. The number of carbonyl (C=O) groups excluding carboxylic acids is 2. The van der Waals surface area contributed by atoms with Gasteiger partial charge in [-0.2, -0.15) is 0 Å². The lowest BCUT2D eigenvalue weighted by atomic mass is 10.2. The molecule has 3 rings (SSSR count). The summed E-state index contributed by atoms with van der Waals surface area (Å²) < 4.78 is 18.9. The number of halogens is 1. The summed E-state index contributed by atoms with van der Waals surface area (Å²) in [5.41, 5.74) is 1.16. The molecule has 28 heavy (non-hydrogen) atoms. The molecule has 0 aliphatic carbocycles. The van der Waals surface area contributed by atoms with Crippen molar-refractivity contribution in [3.05, 3.63) is 66.2 Å². The van der Waals surface area contributed by atoms with Crippen molar-refractivity contribution in [1.29, 1.82) is 0 Å². The molecule has 0 radical (unpaired) electrons. The first-order chi connectivity index (χ1) is 13.4. The second kappa shape index (κ2) is 8.67. The van der Waals surface area contributed by atoms with Crippen LogP contribution in [0.4, 0.5) is 10.1 Å². The Bertz CT molecular complexity index is 953. The largest absolute Gasteiger partial charge is 0.459 e. The number of benzene rings is 2. The predicted octanol–water partition coefficient (Wildman–Crippen LogP) is 1.90. The Morgan fingerprint density at radius 1 is 1.07 bits per heavy atom. The molecule has 6 nitrogen and oxygen atoms in total. The standard InChI is InChI=1S/C21H22FN3O3/c1-14(19-10-15-6-3-4-9-18(15)28-19)23-20(26)12-25(2)13-21(27)24-17-8-5-7-16(22)11-17/h3-11,14H,12-13H2,1-2H3,(H,23,26)(H,24,27)/p+1/t14-/m1/s1. The van der Waals surface area contributed by atoms with Gasteiger partial charge < -0.3 is 20.0 Å². The van der Waals surface area contributed by atoms with Gasteiger partial charge in [-0.1, -0.05) is 24.3 Å². The summed E-state index contributed by atoms with van der Waals surface area (Å²) in [6.45, 7) is 2.06. The molecule has 2 amide bonds. The minimum atomic E-state index is -0.419. The Hall–Kier alpha value is -3.19. The van der Waals surface area contributed by atoms with E-state index in [0.717, 1.165) is 11.0 Å². The summed E-state index contributed by atoms with van der Waals surface area (Å²) in [4.78, 5) is 25.1. The molecule has 3 N–H and O–H groups in total. The Kier molecular flexibility index (Phi) is 6.06. The van der Waals surface area contributed by atoms with Crippen LogP contribution in [0.15, 0.2) is 59.0 Å². The summed E-state index contributed by atoms with van der Waals surface area (Å²) in [6.07, 6.45) is 0. The number of amides is 2. The number of rotatable bonds is 7. The summed E-state index contributed by atoms with van der Waals surface area (Å²) >= 11 is 0. The molecule has 0 aliphatic rings. The van der Waals surface area contributed by atoms with E-state index in [0.29, 0.717) is 16.3 Å². The molecule has 0 fully saturated rings. The fourth-order valence-corrected chi connectivity index (χ4v) is 2.96. The summed E-state index contributed by atoms with van der Waals surface area (Å²) in [5.74, 6) is -0.223. The van der Waals surface area contributed by atoms with Crippen LogP contribution in [0, 0.1) is 5.82 Å². The zero-order valence-electron chi connectivity index (χ0n) is 15.8. The second-order valence-electron chi connectivity index (χ2n) is 6.84. The third-order valence-electron chi connectivity index (χ3n) is 4.28. The number of furan rings is 1. The maximum atomic E-state index is 13.2. The van der Waals surface area contributed by atoms with Crippen molar-refractivity contribution in [2.24, 2.45) is 0 Å². The minimum absolute atomic E-state index is 0.0863. The molecule has 2 atom stereocenters. The first-order valence-corrected chi connectivity index (χ1v) is 9.05. The van der Waals surface area contributed by atoms with Crippen LogP contribution in [0.2, 0.25) is 0 Å². The number of likely N-dealkylation sites (N-methyl/N-ethyl adjacent to an activating group) is 1. The molecule has 0 bridgehead atoms. The van der Waals surface area contributed by atoms with Gasteiger partial charge in [0.1, 0.15) is 17.2 Å². The highest BCUT2D eigenvalue weighted by Crippen LogP contribution is 2.23. The average molecular weight is 384 g/mol. The van der Waals surface area contributed by atoms with Gasteiger partial charge in [-0.15, -0.1) is 0 Å². The van der Waals surface area contributed by atoms with E-state index >= 15 is 0 Å². The van der Waals surface area contributed by atoms with E-state index in [-0.39, 0.29) is 30.9 Å². The molecule has 0 spiro atoms. The van der Waals surface area contributed by atoms with Crippen molar-refractivity contribution in [1.82, 2.24) is 5.32 Å². The smallest absolute Gasteiger partial charge is 0.279 e. The van der Waals surface area contributed by atoms with Crippen LogP contribution in [0.5, 0.6) is 0 Å². The van der Waals surface area contributed by atoms with E-state index < -0.39 is 5.82 Å². The number of carbonyl (C=O) groups is 2. The molecule has 0 aliphatic heterocycles. The molecule has 1 aromatic heterocycles. The molecule has 1 unspecified atom stereocenters. The Labute approximate surface area is 162 Å². The SMILES string of the molecule is C[C@@H](NC(=O)C[NH+](C)CC(=O)Nc1cccc(F)c1)c1cc2ccccc2o1. The Morgan fingerprint density at radius 3 is 2.57 bits per heavy atom. The van der Waals surface area contributed by atoms with Crippen molar-refractivity contribution in [2.75, 3.05) is 25.5 Å². The van der Waals surface area contributed by atoms with Gasteiger partial charge in [-0.25, -0.2) is 4.39 Å². The van der Waals surface area contributed by atoms with Gasteiger partial charge in [-0.3, -0.25) is 9.59 Å². The number of hydrogen-bond donors (Lipinski definition) is 3. The van der Waals surface area contributed by atoms with Crippen LogP contribution in [0.25, 0.3) is 11.0 Å². The molecule has 3 aromatic rings. The summed E-state index contributed by atoms with van der Waals surface area (Å²) in [6, 6.07) is 15.0. The van der Waals surface area contributed by atoms with Gasteiger partial charge in [0.2, 0.25) is 0 Å². The van der Waals surface area contributed by atoms with Gasteiger partial charge in [0.25, 0.3) is 11.8 Å². The van der Waals surface area contributed by atoms with E-state index in [1.165, 1.54) is 18.2 Å². The molecule has 146 valence electrons. The quantitative estimate of drug-likeness (QED) is 0.582. The van der Waals surface area contributed by atoms with E-state index in [1.807, 2.05) is 37.3 Å². The Morgan fingerprint density at radius 2 is 1.82 bits per heavy atom. The van der Waals surface area contributed by atoms with Gasteiger partial charge in [0.15, 0.2) is 13.1 Å². The molecular weight excluding hydrogens is 361 g/mol. The maximum Gasteiger partial charge on any atom is 0.279 e. The van der Waals surface area contributed by atoms with E-state index in [2.05, 4.69) is 10.6 Å². The van der Waals surface area contributed by atoms with E-state index in [1.54, 1.807) is 13.1 Å². The molecule has 2 aromatic carbocycles. The fraction of sp³-hybridized carbons (Fsp3) is 0.238. The minimum Gasteiger partial charge on any atom is -0.459 e. The highest BCUT2D eigenvalue weighted by Gasteiger charge is 2.18. The van der Waals surface area contributed by atoms with E-state index in [4.69, 9.17) is 4.42 Å². The molecule has 0 saturated heterocycles. The van der Waals surface area contributed by atoms with Crippen molar-refractivity contribution >= 4 is 28.5 Å². The highest BCUT2D eigenvalue weighted by molar-refractivity contribution is 5.91. The van der Waals surface area contributed by atoms with Gasteiger partial charge in [0, 0.05) is 11.1 Å². The summed E-state index contributed by atoms with van der Waals surface area (Å²) in [7, 11) is 1.75. The average Bonchev–Trinajstić information content (AvgIpc) is 3.05. The first kappa shape index (κ1) is 19.6. The number of quaternary nitrogens is 1. The van der Waals surface area contributed by atoms with E-state index in [9.17, 15) is 14.0 Å². The van der Waals surface area contributed by atoms with Gasteiger partial charge >= 0.3 is 0 Å². The van der Waals surface area contributed by atoms with Crippen molar-refractivity contribution in [2.45, 2.75) is 13.0 Å². The van der Waals surface area contributed by atoms with Gasteiger partial charge in [0.05, 0.1) is 13.1 Å². The lowest BCUT2D eigenvalue weighted by Crippen LogP contribution is -3.11. The lowest BCUT2D eigenvalue weighted by molar-refractivity contribution is -0.862. The molecule has 7 heteroatoms. The van der Waals surface area contributed by atoms with Crippen molar-refractivity contribution in [3.8, 4) is 0 Å². The number of anilines is 1. The first-order valence-electron chi connectivity index (χ1n) is 9.05. The molecule has 1 heterocycles. The molecule has 0 saturated carbocycles. The predicted molar refractivity (Wildman–Crippen MR) is 104 cm³/mol. The van der Waals surface area contributed by atoms with Crippen molar-refractivity contribution < 1.29 is 23.3 Å². The number of para-hydroxylation sites is 1. The third kappa shape index (κ3) is 5.17. The number of hydrogen-bond acceptors (Lipinski definition) is 3. The topological polar surface area (TPSA) is 75.8 Å². The third-order valence-corrected chi connectivity index (χ3v) is 4.28. The van der Waals surface area contributed by atoms with Crippen LogP contribution < -0.4 is 15.5 Å². The summed E-state index contributed by atoms with van der Waals surface area (Å²) in [5, 5.41) is 6.49. The second-order valence-corrected chi connectivity index (χ2v) is 6.84. The van der Waals surface area contributed by atoms with Crippen LogP contribution in [0.3, 0.4) is 0 Å². The van der Waals surface area contributed by atoms with Crippen LogP contribution in [-0.4, -0.2) is 32.0 Å². The van der Waals surface area contributed by atoms with Crippen LogP contribution >= 0.6 is 0 Å². The van der Waals surface area contributed by atoms with Crippen LogP contribution in [-0.2, 0) is 9.59 Å². The number of nitrogens with one attached hydrogen (secondary N) is 3. The highest BCUT2D eigenvalue weighted by atomic mass is 19.1. The lowest BCUT2D eigenvalue weighted by Gasteiger charge is -2.16. The zero-order chi connectivity index (χ0) is 20.1. The van der Waals surface area contributed by atoms with Gasteiger partial charge in [-0.05, 0) is 37.3 Å². The fourth-order valence-electron chi connectivity index (χ4n) is 2.96. The zero-order valence-corrected chi connectivity index (χ0v) is 15.8. The Balaban J connectivity index is 1.48. The van der Waals surface area contributed by atoms with Crippen molar-refractivity contribution in [3.63, 3.8) is 0 Å².